The van der Waals surface area contributed by atoms with Crippen molar-refractivity contribution in [1.82, 2.24) is 20.6 Å². The first-order valence-corrected chi connectivity index (χ1v) is 5.82. The fourth-order valence-electron chi connectivity index (χ4n) is 1.25. The highest BCUT2D eigenvalue weighted by Gasteiger charge is 2.17. The summed E-state index contributed by atoms with van der Waals surface area (Å²) >= 11 is 1.55. The molecule has 90 valence electrons. The van der Waals surface area contributed by atoms with E-state index in [-0.39, 0.29) is 17.4 Å². The Morgan fingerprint density at radius 1 is 1.65 bits per heavy atom. The number of aromatic nitrogens is 3. The first-order valence-electron chi connectivity index (χ1n) is 4.94. The summed E-state index contributed by atoms with van der Waals surface area (Å²) in [4.78, 5) is 15.8. The van der Waals surface area contributed by atoms with Crippen LogP contribution in [0, 0.1) is 0 Å². The van der Waals surface area contributed by atoms with E-state index in [2.05, 4.69) is 25.2 Å². The Bertz CT molecular complexity index is 495. The molecule has 8 heteroatoms. The summed E-state index contributed by atoms with van der Waals surface area (Å²) in [7, 11) is 0. The highest BCUT2D eigenvalue weighted by atomic mass is 32.1. The van der Waals surface area contributed by atoms with Gasteiger partial charge < -0.3 is 11.1 Å². The van der Waals surface area contributed by atoms with Crippen molar-refractivity contribution in [2.24, 2.45) is 0 Å². The van der Waals surface area contributed by atoms with Crippen LogP contribution >= 0.6 is 11.3 Å². The molecule has 0 fully saturated rings. The van der Waals surface area contributed by atoms with Crippen molar-refractivity contribution in [2.45, 2.75) is 12.8 Å². The lowest BCUT2D eigenvalue weighted by Gasteiger charge is -2.08. The van der Waals surface area contributed by atoms with Gasteiger partial charge in [0.25, 0.3) is 5.91 Å². The number of hydrogen-bond donors (Lipinski definition) is 2. The second kappa shape index (κ2) is 4.91. The molecule has 0 radical (unpaired) electrons. The van der Waals surface area contributed by atoms with Gasteiger partial charge in [-0.15, -0.1) is 11.3 Å². The molecule has 1 atom stereocenters. The second-order valence-corrected chi connectivity index (χ2v) is 4.41. The molecule has 7 nitrogen and oxygen atoms in total. The van der Waals surface area contributed by atoms with Crippen LogP contribution in [0.2, 0.25) is 0 Å². The number of nitrogens with zero attached hydrogens (tertiary/aromatic N) is 3. The predicted octanol–water partition coefficient (Wildman–Crippen LogP) is 0.642. The molecule has 1 unspecified atom stereocenters. The number of nitrogens with two attached hydrogens (primary N) is 1. The molecule has 0 bridgehead atoms. The van der Waals surface area contributed by atoms with Crippen LogP contribution in [0.3, 0.4) is 0 Å². The molecule has 0 spiro atoms. The molecule has 0 aliphatic rings. The predicted molar refractivity (Wildman–Crippen MR) is 61.6 cm³/mol. The fraction of sp³-hybridized carbons (Fsp3) is 0.333. The van der Waals surface area contributed by atoms with Crippen LogP contribution in [-0.2, 0) is 0 Å². The maximum Gasteiger partial charge on any atom is 0.277 e. The molecule has 2 aromatic heterocycles. The molecule has 2 heterocycles. The Labute approximate surface area is 101 Å². The SMILES string of the molecule is CC(CNC(=O)c1nonc1N)c1nccs1. The average Bonchev–Trinajstić information content (AvgIpc) is 2.95. The van der Waals surface area contributed by atoms with Crippen molar-refractivity contribution < 1.29 is 9.42 Å². The van der Waals surface area contributed by atoms with Gasteiger partial charge in [-0.3, -0.25) is 4.79 Å². The highest BCUT2D eigenvalue weighted by molar-refractivity contribution is 7.09. The number of carbonyl (C=O) groups excluding carboxylic acids is 1. The van der Waals surface area contributed by atoms with Crippen LogP contribution in [0.1, 0.15) is 28.3 Å². The lowest BCUT2D eigenvalue weighted by atomic mass is 10.2. The number of rotatable bonds is 4. The Morgan fingerprint density at radius 2 is 2.47 bits per heavy atom. The quantitative estimate of drug-likeness (QED) is 0.828. The van der Waals surface area contributed by atoms with Crippen LogP contribution < -0.4 is 11.1 Å². The standard InChI is InChI=1S/C9H11N5O2S/c1-5(9-11-2-3-17-9)4-12-8(15)6-7(10)14-16-13-6/h2-3,5H,4H2,1H3,(H2,10,14)(H,12,15). The summed E-state index contributed by atoms with van der Waals surface area (Å²) in [5.74, 6) is -0.267. The zero-order valence-corrected chi connectivity index (χ0v) is 9.90. The molecule has 1 amide bonds. The average molecular weight is 253 g/mol. The molecule has 17 heavy (non-hydrogen) atoms. The number of hydrogen-bond acceptors (Lipinski definition) is 7. The van der Waals surface area contributed by atoms with Crippen molar-refractivity contribution in [3.63, 3.8) is 0 Å². The summed E-state index contributed by atoms with van der Waals surface area (Å²) in [5.41, 5.74) is 5.41. The normalized spacial score (nSPS) is 12.3. The number of thiazole rings is 1. The van der Waals surface area contributed by atoms with E-state index in [1.54, 1.807) is 17.5 Å². The van der Waals surface area contributed by atoms with Crippen molar-refractivity contribution >= 4 is 23.1 Å². The van der Waals surface area contributed by atoms with Crippen LogP contribution in [0.4, 0.5) is 5.82 Å². The van der Waals surface area contributed by atoms with Crippen molar-refractivity contribution in [3.8, 4) is 0 Å². The number of nitrogens with one attached hydrogen (secondary N) is 1. The van der Waals surface area contributed by atoms with Crippen LogP contribution in [0.5, 0.6) is 0 Å². The minimum absolute atomic E-state index is 0.00981. The van der Waals surface area contributed by atoms with Crippen molar-refractivity contribution in [3.05, 3.63) is 22.3 Å². The third-order valence-corrected chi connectivity index (χ3v) is 3.18. The van der Waals surface area contributed by atoms with Crippen molar-refractivity contribution in [2.75, 3.05) is 12.3 Å². The van der Waals surface area contributed by atoms with E-state index in [1.807, 2.05) is 12.3 Å². The number of amides is 1. The van der Waals surface area contributed by atoms with E-state index in [0.29, 0.717) is 6.54 Å². The lowest BCUT2D eigenvalue weighted by molar-refractivity contribution is 0.0942. The third kappa shape index (κ3) is 2.59. The molecule has 0 aliphatic heterocycles. The van der Waals surface area contributed by atoms with Crippen LogP contribution in [0.15, 0.2) is 16.2 Å². The van der Waals surface area contributed by atoms with Gasteiger partial charge in [0, 0.05) is 24.0 Å². The largest absolute Gasteiger partial charge is 0.379 e. The molecule has 0 saturated heterocycles. The Kier molecular flexibility index (Phi) is 3.33. The minimum atomic E-state index is -0.396. The van der Waals surface area contributed by atoms with E-state index in [0.717, 1.165) is 5.01 Å². The van der Waals surface area contributed by atoms with E-state index in [4.69, 9.17) is 5.73 Å². The monoisotopic (exact) mass is 253 g/mol. The highest BCUT2D eigenvalue weighted by Crippen LogP contribution is 2.16. The molecular weight excluding hydrogens is 242 g/mol. The van der Waals surface area contributed by atoms with Gasteiger partial charge >= 0.3 is 0 Å². The molecule has 0 saturated carbocycles. The Morgan fingerprint density at radius 3 is 3.06 bits per heavy atom. The zero-order chi connectivity index (χ0) is 12.3. The summed E-state index contributed by atoms with van der Waals surface area (Å²) in [6, 6.07) is 0. The van der Waals surface area contributed by atoms with E-state index in [1.165, 1.54) is 0 Å². The molecule has 0 aromatic carbocycles. The Balaban J connectivity index is 1.91. The van der Waals surface area contributed by atoms with Gasteiger partial charge in [0.2, 0.25) is 11.5 Å². The topological polar surface area (TPSA) is 107 Å². The van der Waals surface area contributed by atoms with Gasteiger partial charge in [0.15, 0.2) is 0 Å². The van der Waals surface area contributed by atoms with E-state index < -0.39 is 5.91 Å². The van der Waals surface area contributed by atoms with Gasteiger partial charge in [0.1, 0.15) is 0 Å². The fourth-order valence-corrected chi connectivity index (χ4v) is 1.95. The number of nitrogen functional groups attached to an aromatic ring is 1. The second-order valence-electron chi connectivity index (χ2n) is 3.48. The lowest BCUT2D eigenvalue weighted by Crippen LogP contribution is -2.28. The number of carbonyl (C=O) groups is 1. The number of anilines is 1. The third-order valence-electron chi connectivity index (χ3n) is 2.17. The smallest absolute Gasteiger partial charge is 0.277 e. The van der Waals surface area contributed by atoms with Crippen LogP contribution in [0.25, 0.3) is 0 Å². The van der Waals surface area contributed by atoms with E-state index >= 15 is 0 Å². The van der Waals surface area contributed by atoms with Gasteiger partial charge in [-0.05, 0) is 10.3 Å². The summed E-state index contributed by atoms with van der Waals surface area (Å²) in [6.07, 6.45) is 1.73. The summed E-state index contributed by atoms with van der Waals surface area (Å²) in [6.45, 7) is 2.43. The van der Waals surface area contributed by atoms with Gasteiger partial charge in [-0.25, -0.2) is 9.61 Å². The summed E-state index contributed by atoms with van der Waals surface area (Å²) < 4.78 is 4.35. The molecule has 2 rings (SSSR count). The maximum atomic E-state index is 11.6. The van der Waals surface area contributed by atoms with E-state index in [9.17, 15) is 4.79 Å². The van der Waals surface area contributed by atoms with Crippen LogP contribution in [-0.4, -0.2) is 27.7 Å². The van der Waals surface area contributed by atoms with Gasteiger partial charge in [-0.2, -0.15) is 0 Å². The minimum Gasteiger partial charge on any atom is -0.379 e. The molecule has 2 aromatic rings. The summed E-state index contributed by atoms with van der Waals surface area (Å²) in [5, 5.41) is 12.3. The first-order chi connectivity index (χ1) is 8.18. The van der Waals surface area contributed by atoms with Gasteiger partial charge in [-0.1, -0.05) is 6.92 Å². The Hall–Kier alpha value is -1.96. The maximum absolute atomic E-state index is 11.6. The van der Waals surface area contributed by atoms with Gasteiger partial charge in [0.05, 0.1) is 5.01 Å². The molecular formula is C9H11N5O2S. The van der Waals surface area contributed by atoms with Crippen molar-refractivity contribution in [1.29, 1.82) is 0 Å². The first kappa shape index (κ1) is 11.5. The zero-order valence-electron chi connectivity index (χ0n) is 9.08. The molecule has 3 N–H and O–H groups in total. The molecule has 0 aliphatic carbocycles.